The van der Waals surface area contributed by atoms with Crippen molar-refractivity contribution in [3.8, 4) is 0 Å². The van der Waals surface area contributed by atoms with Gasteiger partial charge < -0.3 is 10.1 Å². The van der Waals surface area contributed by atoms with Crippen LogP contribution in [0.5, 0.6) is 0 Å². The van der Waals surface area contributed by atoms with Crippen LogP contribution in [-0.2, 0) is 19.1 Å². The van der Waals surface area contributed by atoms with Crippen molar-refractivity contribution in [3.63, 3.8) is 0 Å². The Kier molecular flexibility index (Phi) is 5.89. The molecule has 2 aromatic carbocycles. The third-order valence-electron chi connectivity index (χ3n) is 4.19. The number of carbonyl (C=O) groups excluding carboxylic acids is 4. The molecule has 1 heterocycles. The fourth-order valence-corrected chi connectivity index (χ4v) is 3.28. The van der Waals surface area contributed by atoms with Gasteiger partial charge in [0.15, 0.2) is 6.61 Å². The number of amides is 3. The number of imide groups is 1. The Balaban J connectivity index is 1.62. The minimum Gasteiger partial charge on any atom is -0.452 e. The molecule has 0 bridgehead atoms. The van der Waals surface area contributed by atoms with Crippen LogP contribution in [0.3, 0.4) is 0 Å². The molecule has 0 aliphatic carbocycles. The monoisotopic (exact) mass is 444 g/mol. The molecule has 3 amide bonds. The van der Waals surface area contributed by atoms with E-state index in [0.29, 0.717) is 11.4 Å². The highest BCUT2D eigenvalue weighted by molar-refractivity contribution is 9.10. The number of hydrogen-bond acceptors (Lipinski definition) is 5. The summed E-state index contributed by atoms with van der Waals surface area (Å²) in [5.41, 5.74) is 1.95. The number of nitrogens with one attached hydrogen (secondary N) is 1. The summed E-state index contributed by atoms with van der Waals surface area (Å²) in [6.07, 6.45) is 0.312. The van der Waals surface area contributed by atoms with E-state index in [9.17, 15) is 19.2 Å². The highest BCUT2D eigenvalue weighted by atomic mass is 79.9. The Bertz CT molecular complexity index is 957. The largest absolute Gasteiger partial charge is 0.452 e. The zero-order valence-corrected chi connectivity index (χ0v) is 16.6. The maximum Gasteiger partial charge on any atom is 0.338 e. The molecule has 0 radical (unpaired) electrons. The van der Waals surface area contributed by atoms with Gasteiger partial charge in [-0.25, -0.2) is 4.79 Å². The molecule has 0 spiro atoms. The third kappa shape index (κ3) is 4.45. The fourth-order valence-electron chi connectivity index (χ4n) is 2.80. The Morgan fingerprint density at radius 2 is 1.82 bits per heavy atom. The van der Waals surface area contributed by atoms with E-state index in [4.69, 9.17) is 4.74 Å². The molecule has 1 aliphatic heterocycles. The van der Waals surface area contributed by atoms with E-state index in [-0.39, 0.29) is 30.2 Å². The first kappa shape index (κ1) is 19.8. The molecule has 1 N–H and O–H groups in total. The van der Waals surface area contributed by atoms with Gasteiger partial charge in [-0.05, 0) is 48.9 Å². The van der Waals surface area contributed by atoms with Crippen molar-refractivity contribution in [2.75, 3.05) is 16.8 Å². The smallest absolute Gasteiger partial charge is 0.338 e. The molecule has 0 unspecified atom stereocenters. The number of anilines is 2. The molecule has 0 aromatic heterocycles. The van der Waals surface area contributed by atoms with Gasteiger partial charge in [0.2, 0.25) is 11.8 Å². The summed E-state index contributed by atoms with van der Waals surface area (Å²) in [5.74, 6) is -1.80. The molecule has 0 saturated carbocycles. The van der Waals surface area contributed by atoms with Crippen molar-refractivity contribution in [1.29, 1.82) is 0 Å². The van der Waals surface area contributed by atoms with Crippen LogP contribution in [0.1, 0.15) is 28.8 Å². The standard InChI is InChI=1S/C20H17BrN2O5/c1-12-9-14(21)5-6-16(12)22-17(24)11-28-20(27)13-3-2-4-15(10-13)23-18(25)7-8-19(23)26/h2-6,9-10H,7-8,11H2,1H3,(H,22,24). The topological polar surface area (TPSA) is 92.8 Å². The lowest BCUT2D eigenvalue weighted by Gasteiger charge is -2.14. The fraction of sp³-hybridized carbons (Fsp3) is 0.200. The Morgan fingerprint density at radius 1 is 1.11 bits per heavy atom. The second-order valence-electron chi connectivity index (χ2n) is 6.26. The molecule has 1 aliphatic rings. The molecular formula is C20H17BrN2O5. The summed E-state index contributed by atoms with van der Waals surface area (Å²) < 4.78 is 5.94. The molecule has 2 aromatic rings. The molecule has 7 nitrogen and oxygen atoms in total. The van der Waals surface area contributed by atoms with Crippen LogP contribution in [-0.4, -0.2) is 30.3 Å². The van der Waals surface area contributed by atoms with Gasteiger partial charge in [-0.1, -0.05) is 22.0 Å². The van der Waals surface area contributed by atoms with E-state index >= 15 is 0 Å². The van der Waals surface area contributed by atoms with Gasteiger partial charge in [0.25, 0.3) is 5.91 Å². The lowest BCUT2D eigenvalue weighted by atomic mass is 10.2. The molecular weight excluding hydrogens is 428 g/mol. The van der Waals surface area contributed by atoms with E-state index in [1.165, 1.54) is 12.1 Å². The van der Waals surface area contributed by atoms with Crippen molar-refractivity contribution in [1.82, 2.24) is 0 Å². The predicted molar refractivity (Wildman–Crippen MR) is 106 cm³/mol. The Hall–Kier alpha value is -3.00. The van der Waals surface area contributed by atoms with Crippen LogP contribution in [0, 0.1) is 6.92 Å². The van der Waals surface area contributed by atoms with E-state index in [1.807, 2.05) is 13.0 Å². The summed E-state index contributed by atoms with van der Waals surface area (Å²) in [7, 11) is 0. The minimum atomic E-state index is -0.719. The van der Waals surface area contributed by atoms with Crippen LogP contribution in [0.4, 0.5) is 11.4 Å². The number of carbonyl (C=O) groups is 4. The lowest BCUT2D eigenvalue weighted by molar-refractivity contribution is -0.121. The van der Waals surface area contributed by atoms with Crippen LogP contribution in [0.15, 0.2) is 46.9 Å². The number of esters is 1. The second-order valence-corrected chi connectivity index (χ2v) is 7.17. The van der Waals surface area contributed by atoms with Crippen LogP contribution < -0.4 is 10.2 Å². The van der Waals surface area contributed by atoms with Crippen molar-refractivity contribution < 1.29 is 23.9 Å². The molecule has 3 rings (SSSR count). The number of rotatable bonds is 5. The summed E-state index contributed by atoms with van der Waals surface area (Å²) in [6, 6.07) is 11.4. The number of halogens is 1. The van der Waals surface area contributed by atoms with E-state index in [0.717, 1.165) is 14.9 Å². The zero-order chi connectivity index (χ0) is 20.3. The third-order valence-corrected chi connectivity index (χ3v) is 4.68. The molecule has 0 atom stereocenters. The van der Waals surface area contributed by atoms with E-state index < -0.39 is 18.5 Å². The summed E-state index contributed by atoms with van der Waals surface area (Å²) in [5, 5.41) is 2.68. The summed E-state index contributed by atoms with van der Waals surface area (Å²) >= 11 is 3.35. The quantitative estimate of drug-likeness (QED) is 0.564. The number of hydrogen-bond donors (Lipinski definition) is 1. The first-order valence-corrected chi connectivity index (χ1v) is 9.33. The van der Waals surface area contributed by atoms with Gasteiger partial charge in [-0.3, -0.25) is 19.3 Å². The minimum absolute atomic E-state index is 0.151. The van der Waals surface area contributed by atoms with E-state index in [2.05, 4.69) is 21.2 Å². The Morgan fingerprint density at radius 3 is 2.50 bits per heavy atom. The maximum atomic E-state index is 12.2. The molecule has 144 valence electrons. The van der Waals surface area contributed by atoms with Gasteiger partial charge in [0, 0.05) is 23.0 Å². The highest BCUT2D eigenvalue weighted by Crippen LogP contribution is 2.24. The average Bonchev–Trinajstić information content (AvgIpc) is 3.00. The summed E-state index contributed by atoms with van der Waals surface area (Å²) in [6.45, 7) is 1.39. The highest BCUT2D eigenvalue weighted by Gasteiger charge is 2.30. The van der Waals surface area contributed by atoms with Crippen molar-refractivity contribution in [3.05, 3.63) is 58.1 Å². The first-order chi connectivity index (χ1) is 13.3. The summed E-state index contributed by atoms with van der Waals surface area (Å²) in [4.78, 5) is 49.0. The molecule has 1 saturated heterocycles. The van der Waals surface area contributed by atoms with Crippen LogP contribution >= 0.6 is 15.9 Å². The zero-order valence-electron chi connectivity index (χ0n) is 15.0. The first-order valence-electron chi connectivity index (χ1n) is 8.54. The predicted octanol–water partition coefficient (Wildman–Crippen LogP) is 3.21. The van der Waals surface area contributed by atoms with E-state index in [1.54, 1.807) is 24.3 Å². The SMILES string of the molecule is Cc1cc(Br)ccc1NC(=O)COC(=O)c1cccc(N2C(=O)CCC2=O)c1. The maximum absolute atomic E-state index is 12.2. The average molecular weight is 445 g/mol. The van der Waals surface area contributed by atoms with Gasteiger partial charge in [-0.2, -0.15) is 0 Å². The van der Waals surface area contributed by atoms with Gasteiger partial charge in [-0.15, -0.1) is 0 Å². The lowest BCUT2D eigenvalue weighted by Crippen LogP contribution is -2.28. The number of aryl methyl sites for hydroxylation is 1. The number of ether oxygens (including phenoxy) is 1. The van der Waals surface area contributed by atoms with Gasteiger partial charge >= 0.3 is 5.97 Å². The normalized spacial score (nSPS) is 13.6. The molecule has 1 fully saturated rings. The van der Waals surface area contributed by atoms with Crippen LogP contribution in [0.25, 0.3) is 0 Å². The van der Waals surface area contributed by atoms with Crippen molar-refractivity contribution in [2.24, 2.45) is 0 Å². The van der Waals surface area contributed by atoms with Gasteiger partial charge in [0.05, 0.1) is 11.3 Å². The number of nitrogens with zero attached hydrogens (tertiary/aromatic N) is 1. The molecule has 28 heavy (non-hydrogen) atoms. The van der Waals surface area contributed by atoms with Gasteiger partial charge in [0.1, 0.15) is 0 Å². The second kappa shape index (κ2) is 8.35. The van der Waals surface area contributed by atoms with Crippen molar-refractivity contribution in [2.45, 2.75) is 19.8 Å². The number of benzene rings is 2. The van der Waals surface area contributed by atoms with Crippen molar-refractivity contribution >= 4 is 51.0 Å². The Labute approximate surface area is 169 Å². The molecule has 8 heteroatoms. The van der Waals surface area contributed by atoms with Crippen LogP contribution in [0.2, 0.25) is 0 Å².